The Morgan fingerprint density at radius 3 is 2.60 bits per heavy atom. The number of aromatic nitrogens is 2. The summed E-state index contributed by atoms with van der Waals surface area (Å²) < 4.78 is 6.60. The van der Waals surface area contributed by atoms with Crippen LogP contribution in [0.15, 0.2) is 65.0 Å². The van der Waals surface area contributed by atoms with Crippen LogP contribution in [0.2, 0.25) is 0 Å². The molecule has 1 atom stereocenters. The number of hydrogen-bond acceptors (Lipinski definition) is 5. The SMILES string of the molecule is COc1ccc(-c2csc3ncn(C(C)C(=O)Nc4ccccc4C)c(=O)c23)cc1. The van der Waals surface area contributed by atoms with Gasteiger partial charge in [0.15, 0.2) is 0 Å². The van der Waals surface area contributed by atoms with Gasteiger partial charge in [0.2, 0.25) is 5.91 Å². The maximum absolute atomic E-state index is 13.3. The largest absolute Gasteiger partial charge is 0.497 e. The number of hydrogen-bond donors (Lipinski definition) is 1. The van der Waals surface area contributed by atoms with E-state index in [1.54, 1.807) is 14.0 Å². The number of nitrogens with zero attached hydrogens (tertiary/aromatic N) is 2. The molecule has 1 N–H and O–H groups in total. The standard InChI is InChI=1S/C23H21N3O3S/c1-14-6-4-5-7-19(14)25-21(27)15(2)26-13-24-22-20(23(26)28)18(12-30-22)16-8-10-17(29-3)11-9-16/h4-13,15H,1-3H3,(H,25,27). The minimum atomic E-state index is -0.711. The average molecular weight is 420 g/mol. The molecule has 30 heavy (non-hydrogen) atoms. The number of aryl methyl sites for hydroxylation is 1. The lowest BCUT2D eigenvalue weighted by Gasteiger charge is -2.16. The molecule has 0 aliphatic rings. The first-order chi connectivity index (χ1) is 14.5. The molecule has 152 valence electrons. The number of methoxy groups -OCH3 is 1. The van der Waals surface area contributed by atoms with Crippen LogP contribution in [0.4, 0.5) is 5.69 Å². The molecule has 0 aliphatic carbocycles. The van der Waals surface area contributed by atoms with Crippen molar-refractivity contribution in [3.05, 3.63) is 76.2 Å². The second-order valence-electron chi connectivity index (χ2n) is 7.00. The van der Waals surface area contributed by atoms with E-state index in [9.17, 15) is 9.59 Å². The minimum Gasteiger partial charge on any atom is -0.497 e. The van der Waals surface area contributed by atoms with E-state index < -0.39 is 6.04 Å². The molecule has 0 spiro atoms. The van der Waals surface area contributed by atoms with E-state index in [1.807, 2.05) is 60.8 Å². The molecule has 0 radical (unpaired) electrons. The van der Waals surface area contributed by atoms with Crippen molar-refractivity contribution in [1.29, 1.82) is 0 Å². The molecule has 0 saturated heterocycles. The van der Waals surface area contributed by atoms with Crippen molar-refractivity contribution < 1.29 is 9.53 Å². The van der Waals surface area contributed by atoms with Crippen LogP contribution in [0, 0.1) is 6.92 Å². The molecule has 4 aromatic rings. The number of amides is 1. The number of carbonyl (C=O) groups excluding carboxylic acids is 1. The van der Waals surface area contributed by atoms with Gasteiger partial charge < -0.3 is 10.1 Å². The van der Waals surface area contributed by atoms with Crippen molar-refractivity contribution in [1.82, 2.24) is 9.55 Å². The van der Waals surface area contributed by atoms with Crippen molar-refractivity contribution in [2.24, 2.45) is 0 Å². The maximum Gasteiger partial charge on any atom is 0.263 e. The zero-order chi connectivity index (χ0) is 21.3. The van der Waals surface area contributed by atoms with Crippen molar-refractivity contribution >= 4 is 33.1 Å². The number of nitrogens with one attached hydrogen (secondary N) is 1. The number of rotatable bonds is 5. The molecule has 2 aromatic heterocycles. The van der Waals surface area contributed by atoms with E-state index in [0.717, 1.165) is 28.1 Å². The number of para-hydroxylation sites is 1. The van der Waals surface area contributed by atoms with E-state index in [4.69, 9.17) is 4.74 Å². The van der Waals surface area contributed by atoms with Crippen molar-refractivity contribution in [2.75, 3.05) is 12.4 Å². The quantitative estimate of drug-likeness (QED) is 0.511. The van der Waals surface area contributed by atoms with Gasteiger partial charge in [0, 0.05) is 16.6 Å². The summed E-state index contributed by atoms with van der Waals surface area (Å²) in [6.45, 7) is 3.62. The fourth-order valence-electron chi connectivity index (χ4n) is 3.28. The lowest BCUT2D eigenvalue weighted by atomic mass is 10.1. The highest BCUT2D eigenvalue weighted by atomic mass is 32.1. The molecule has 0 bridgehead atoms. The van der Waals surface area contributed by atoms with Crippen LogP contribution < -0.4 is 15.6 Å². The monoisotopic (exact) mass is 419 g/mol. The molecule has 2 aromatic carbocycles. The first-order valence-electron chi connectivity index (χ1n) is 9.49. The predicted octanol–water partition coefficient (Wildman–Crippen LogP) is 4.64. The summed E-state index contributed by atoms with van der Waals surface area (Å²) in [5, 5.41) is 5.34. The number of carbonyl (C=O) groups is 1. The summed E-state index contributed by atoms with van der Waals surface area (Å²) in [4.78, 5) is 31.2. The Labute approximate surface area is 177 Å². The minimum absolute atomic E-state index is 0.237. The van der Waals surface area contributed by atoms with E-state index in [1.165, 1.54) is 22.2 Å². The number of fused-ring (bicyclic) bond motifs is 1. The van der Waals surface area contributed by atoms with Gasteiger partial charge in [-0.1, -0.05) is 30.3 Å². The van der Waals surface area contributed by atoms with Gasteiger partial charge in [-0.05, 0) is 43.2 Å². The van der Waals surface area contributed by atoms with Gasteiger partial charge in [-0.3, -0.25) is 14.2 Å². The molecule has 7 heteroatoms. The summed E-state index contributed by atoms with van der Waals surface area (Å²) in [6, 6.07) is 14.3. The van der Waals surface area contributed by atoms with Gasteiger partial charge in [0.05, 0.1) is 18.8 Å². The fraction of sp³-hybridized carbons (Fsp3) is 0.174. The first-order valence-corrected chi connectivity index (χ1v) is 10.4. The topological polar surface area (TPSA) is 73.2 Å². The summed E-state index contributed by atoms with van der Waals surface area (Å²) in [7, 11) is 1.61. The Morgan fingerprint density at radius 1 is 1.17 bits per heavy atom. The van der Waals surface area contributed by atoms with Gasteiger partial charge in [0.1, 0.15) is 16.6 Å². The lowest BCUT2D eigenvalue weighted by Crippen LogP contribution is -2.31. The van der Waals surface area contributed by atoms with Crippen molar-refractivity contribution in [2.45, 2.75) is 19.9 Å². The normalized spacial score (nSPS) is 12.0. The molecule has 4 rings (SSSR count). The molecular weight excluding hydrogens is 398 g/mol. The van der Waals surface area contributed by atoms with Crippen LogP contribution >= 0.6 is 11.3 Å². The number of ether oxygens (including phenoxy) is 1. The van der Waals surface area contributed by atoms with Crippen molar-refractivity contribution in [3.63, 3.8) is 0 Å². The van der Waals surface area contributed by atoms with Gasteiger partial charge in [0.25, 0.3) is 5.56 Å². The highest BCUT2D eigenvalue weighted by Gasteiger charge is 2.20. The summed E-state index contributed by atoms with van der Waals surface area (Å²) in [5.41, 5.74) is 3.15. The molecule has 2 heterocycles. The van der Waals surface area contributed by atoms with E-state index >= 15 is 0 Å². The van der Waals surface area contributed by atoms with Crippen LogP contribution in [0.3, 0.4) is 0 Å². The zero-order valence-corrected chi connectivity index (χ0v) is 17.7. The second-order valence-corrected chi connectivity index (χ2v) is 7.85. The molecule has 1 unspecified atom stereocenters. The van der Waals surface area contributed by atoms with Gasteiger partial charge in [-0.2, -0.15) is 0 Å². The van der Waals surface area contributed by atoms with Crippen LogP contribution in [0.5, 0.6) is 5.75 Å². The third-order valence-electron chi connectivity index (χ3n) is 5.12. The van der Waals surface area contributed by atoms with Crippen LogP contribution in [-0.4, -0.2) is 22.6 Å². The molecule has 0 saturated carbocycles. The Kier molecular flexibility index (Phi) is 5.37. The highest BCUT2D eigenvalue weighted by molar-refractivity contribution is 7.17. The third-order valence-corrected chi connectivity index (χ3v) is 6.01. The van der Waals surface area contributed by atoms with Gasteiger partial charge in [-0.15, -0.1) is 11.3 Å². The number of anilines is 1. The smallest absolute Gasteiger partial charge is 0.263 e. The van der Waals surface area contributed by atoms with Crippen LogP contribution in [0.25, 0.3) is 21.3 Å². The maximum atomic E-state index is 13.3. The van der Waals surface area contributed by atoms with Crippen molar-refractivity contribution in [3.8, 4) is 16.9 Å². The van der Waals surface area contributed by atoms with E-state index in [-0.39, 0.29) is 11.5 Å². The average Bonchev–Trinajstić information content (AvgIpc) is 3.20. The second kappa shape index (κ2) is 8.12. The zero-order valence-electron chi connectivity index (χ0n) is 16.9. The highest BCUT2D eigenvalue weighted by Crippen LogP contribution is 2.32. The fourth-order valence-corrected chi connectivity index (χ4v) is 4.19. The number of benzene rings is 2. The Hall–Kier alpha value is -3.45. The lowest BCUT2D eigenvalue weighted by molar-refractivity contribution is -0.118. The molecule has 0 fully saturated rings. The molecular formula is C23H21N3O3S. The Morgan fingerprint density at radius 2 is 1.90 bits per heavy atom. The Bertz CT molecular complexity index is 1280. The molecule has 1 amide bonds. The number of thiophene rings is 1. The van der Waals surface area contributed by atoms with Gasteiger partial charge in [-0.25, -0.2) is 4.98 Å². The summed E-state index contributed by atoms with van der Waals surface area (Å²) in [6.07, 6.45) is 1.45. The van der Waals surface area contributed by atoms with E-state index in [2.05, 4.69) is 10.3 Å². The third kappa shape index (κ3) is 3.59. The molecule has 0 aliphatic heterocycles. The predicted molar refractivity (Wildman–Crippen MR) is 120 cm³/mol. The molecule has 6 nitrogen and oxygen atoms in total. The van der Waals surface area contributed by atoms with Crippen LogP contribution in [0.1, 0.15) is 18.5 Å². The van der Waals surface area contributed by atoms with Gasteiger partial charge >= 0.3 is 0 Å². The first kappa shape index (κ1) is 19.8. The van der Waals surface area contributed by atoms with E-state index in [0.29, 0.717) is 10.2 Å². The Balaban J connectivity index is 1.71. The van der Waals surface area contributed by atoms with Crippen LogP contribution in [-0.2, 0) is 4.79 Å². The summed E-state index contributed by atoms with van der Waals surface area (Å²) in [5.74, 6) is 0.476. The summed E-state index contributed by atoms with van der Waals surface area (Å²) >= 11 is 1.41.